The number of methoxy groups -OCH3 is 2. The fourth-order valence-corrected chi connectivity index (χ4v) is 1.54. The Labute approximate surface area is 102 Å². The highest BCUT2D eigenvalue weighted by molar-refractivity contribution is 5.26. The van der Waals surface area contributed by atoms with E-state index in [1.807, 2.05) is 19.1 Å². The maximum Gasteiger partial charge on any atom is 0.122 e. The summed E-state index contributed by atoms with van der Waals surface area (Å²) in [6, 6.07) is 3.68. The van der Waals surface area contributed by atoms with Crippen molar-refractivity contribution in [3.8, 4) is 5.75 Å². The van der Waals surface area contributed by atoms with Crippen molar-refractivity contribution in [2.45, 2.75) is 19.5 Å². The van der Waals surface area contributed by atoms with Crippen molar-refractivity contribution in [3.05, 3.63) is 23.5 Å². The minimum atomic E-state index is -0.0756. The summed E-state index contributed by atoms with van der Waals surface area (Å²) in [5.41, 5.74) is 1.80. The number of aromatic nitrogens is 1. The molecule has 0 bridgehead atoms. The molecule has 0 amide bonds. The van der Waals surface area contributed by atoms with Gasteiger partial charge in [-0.3, -0.25) is 4.98 Å². The van der Waals surface area contributed by atoms with Crippen LogP contribution in [0, 0.1) is 6.92 Å². The van der Waals surface area contributed by atoms with E-state index in [0.717, 1.165) is 17.1 Å². The van der Waals surface area contributed by atoms with Crippen molar-refractivity contribution in [3.63, 3.8) is 0 Å². The number of hydrogen-bond donors (Lipinski definition) is 2. The Bertz CT molecular complexity index is 345. The predicted molar refractivity (Wildman–Crippen MR) is 65.1 cm³/mol. The van der Waals surface area contributed by atoms with Gasteiger partial charge in [0, 0.05) is 31.5 Å². The Hall–Kier alpha value is -1.17. The quantitative estimate of drug-likeness (QED) is 0.726. The van der Waals surface area contributed by atoms with Gasteiger partial charge in [0.25, 0.3) is 0 Å². The molecular weight excluding hydrogens is 220 g/mol. The fraction of sp³-hybridized carbons (Fsp3) is 0.583. The molecule has 17 heavy (non-hydrogen) atoms. The minimum absolute atomic E-state index is 0.0385. The molecule has 2 N–H and O–H groups in total. The van der Waals surface area contributed by atoms with Crippen LogP contribution in [0.1, 0.15) is 11.4 Å². The van der Waals surface area contributed by atoms with Gasteiger partial charge in [-0.2, -0.15) is 0 Å². The van der Waals surface area contributed by atoms with E-state index in [0.29, 0.717) is 13.2 Å². The maximum absolute atomic E-state index is 9.10. The summed E-state index contributed by atoms with van der Waals surface area (Å²) in [4.78, 5) is 4.38. The van der Waals surface area contributed by atoms with E-state index in [1.54, 1.807) is 14.2 Å². The topological polar surface area (TPSA) is 63.6 Å². The van der Waals surface area contributed by atoms with Crippen LogP contribution in [-0.2, 0) is 11.3 Å². The number of aliphatic hydroxyl groups is 1. The number of aliphatic hydroxyl groups excluding tert-OH is 1. The third kappa shape index (κ3) is 4.68. The average molecular weight is 240 g/mol. The molecule has 1 atom stereocenters. The smallest absolute Gasteiger partial charge is 0.122 e. The van der Waals surface area contributed by atoms with Crippen molar-refractivity contribution in [2.75, 3.05) is 27.4 Å². The molecule has 1 unspecified atom stereocenters. The molecule has 1 heterocycles. The number of nitrogens with one attached hydrogen (secondary N) is 1. The lowest BCUT2D eigenvalue weighted by Crippen LogP contribution is -2.36. The molecule has 96 valence electrons. The molecule has 0 fully saturated rings. The molecule has 1 aromatic rings. The lowest BCUT2D eigenvalue weighted by Gasteiger charge is -2.15. The highest BCUT2D eigenvalue weighted by Gasteiger charge is 2.07. The Kier molecular flexibility index (Phi) is 5.90. The van der Waals surface area contributed by atoms with Crippen LogP contribution in [0.2, 0.25) is 0 Å². The van der Waals surface area contributed by atoms with Crippen molar-refractivity contribution in [2.24, 2.45) is 0 Å². The van der Waals surface area contributed by atoms with Crippen molar-refractivity contribution in [1.82, 2.24) is 10.3 Å². The van der Waals surface area contributed by atoms with Crippen LogP contribution in [0.5, 0.6) is 5.75 Å². The van der Waals surface area contributed by atoms with Gasteiger partial charge in [-0.05, 0) is 6.92 Å². The molecule has 0 aliphatic rings. The lowest BCUT2D eigenvalue weighted by molar-refractivity contribution is 0.128. The second-order valence-electron chi connectivity index (χ2n) is 3.86. The van der Waals surface area contributed by atoms with Crippen LogP contribution in [-0.4, -0.2) is 43.6 Å². The van der Waals surface area contributed by atoms with E-state index in [4.69, 9.17) is 14.6 Å². The number of hydrogen-bond acceptors (Lipinski definition) is 5. The van der Waals surface area contributed by atoms with E-state index in [9.17, 15) is 0 Å². The molecule has 0 radical (unpaired) electrons. The molecule has 0 spiro atoms. The van der Waals surface area contributed by atoms with Gasteiger partial charge in [0.15, 0.2) is 0 Å². The number of aryl methyl sites for hydroxylation is 1. The van der Waals surface area contributed by atoms with Crippen molar-refractivity contribution < 1.29 is 14.6 Å². The summed E-state index contributed by atoms with van der Waals surface area (Å²) in [5, 5.41) is 12.3. The standard InChI is InChI=1S/C12H20N2O3/c1-9-4-12(17-3)5-10(14-9)6-13-11(7-15)8-16-2/h4-5,11,13,15H,6-8H2,1-3H3. The van der Waals surface area contributed by atoms with Crippen LogP contribution in [0.4, 0.5) is 0 Å². The molecule has 0 saturated heterocycles. The van der Waals surface area contributed by atoms with E-state index in [2.05, 4.69) is 10.3 Å². The Morgan fingerprint density at radius 2 is 2.18 bits per heavy atom. The van der Waals surface area contributed by atoms with Crippen LogP contribution >= 0.6 is 0 Å². The van der Waals surface area contributed by atoms with Crippen LogP contribution < -0.4 is 10.1 Å². The molecule has 1 rings (SSSR count). The monoisotopic (exact) mass is 240 g/mol. The highest BCUT2D eigenvalue weighted by Crippen LogP contribution is 2.13. The summed E-state index contributed by atoms with van der Waals surface area (Å²) in [7, 11) is 3.24. The average Bonchev–Trinajstić information content (AvgIpc) is 2.33. The Morgan fingerprint density at radius 3 is 2.76 bits per heavy atom. The van der Waals surface area contributed by atoms with Gasteiger partial charge < -0.3 is 19.9 Å². The van der Waals surface area contributed by atoms with Gasteiger partial charge in [0.1, 0.15) is 5.75 Å². The first kappa shape index (κ1) is 13.9. The van der Waals surface area contributed by atoms with Crippen molar-refractivity contribution in [1.29, 1.82) is 0 Å². The SMILES string of the molecule is COCC(CO)NCc1cc(OC)cc(C)n1. The first-order valence-corrected chi connectivity index (χ1v) is 5.54. The summed E-state index contributed by atoms with van der Waals surface area (Å²) in [5.74, 6) is 0.793. The molecule has 1 aromatic heterocycles. The number of pyridine rings is 1. The highest BCUT2D eigenvalue weighted by atomic mass is 16.5. The largest absolute Gasteiger partial charge is 0.497 e. The molecule has 0 aromatic carbocycles. The van der Waals surface area contributed by atoms with Crippen LogP contribution in [0.25, 0.3) is 0 Å². The Morgan fingerprint density at radius 1 is 1.41 bits per heavy atom. The molecule has 0 aliphatic heterocycles. The molecule has 5 nitrogen and oxygen atoms in total. The minimum Gasteiger partial charge on any atom is -0.497 e. The normalized spacial score (nSPS) is 12.5. The second kappa shape index (κ2) is 7.21. The van der Waals surface area contributed by atoms with E-state index in [-0.39, 0.29) is 12.6 Å². The summed E-state index contributed by atoms with van der Waals surface area (Å²) < 4.78 is 10.2. The summed E-state index contributed by atoms with van der Waals surface area (Å²) in [6.45, 7) is 3.01. The molecule has 0 aliphatic carbocycles. The molecule has 5 heteroatoms. The zero-order chi connectivity index (χ0) is 12.7. The van der Waals surface area contributed by atoms with E-state index in [1.165, 1.54) is 0 Å². The number of rotatable bonds is 7. The van der Waals surface area contributed by atoms with Gasteiger partial charge >= 0.3 is 0 Å². The van der Waals surface area contributed by atoms with E-state index >= 15 is 0 Å². The zero-order valence-electron chi connectivity index (χ0n) is 10.6. The van der Waals surface area contributed by atoms with E-state index < -0.39 is 0 Å². The van der Waals surface area contributed by atoms with Crippen LogP contribution in [0.15, 0.2) is 12.1 Å². The van der Waals surface area contributed by atoms with Gasteiger partial charge in [0.05, 0.1) is 32.1 Å². The second-order valence-corrected chi connectivity index (χ2v) is 3.86. The molecule has 0 saturated carbocycles. The fourth-order valence-electron chi connectivity index (χ4n) is 1.54. The summed E-state index contributed by atoms with van der Waals surface area (Å²) in [6.07, 6.45) is 0. The number of nitrogens with zero attached hydrogens (tertiary/aromatic N) is 1. The first-order valence-electron chi connectivity index (χ1n) is 5.54. The summed E-state index contributed by atoms with van der Waals surface area (Å²) >= 11 is 0. The van der Waals surface area contributed by atoms with Gasteiger partial charge in [-0.1, -0.05) is 0 Å². The number of ether oxygens (including phenoxy) is 2. The third-order valence-electron chi connectivity index (χ3n) is 2.38. The molecular formula is C12H20N2O3. The first-order chi connectivity index (χ1) is 8.19. The van der Waals surface area contributed by atoms with Gasteiger partial charge in [-0.25, -0.2) is 0 Å². The maximum atomic E-state index is 9.10. The third-order valence-corrected chi connectivity index (χ3v) is 2.38. The lowest BCUT2D eigenvalue weighted by atomic mass is 10.2. The van der Waals surface area contributed by atoms with Crippen LogP contribution in [0.3, 0.4) is 0 Å². The Balaban J connectivity index is 2.58. The predicted octanol–water partition coefficient (Wildman–Crippen LogP) is 0.496. The van der Waals surface area contributed by atoms with Gasteiger partial charge in [0.2, 0.25) is 0 Å². The van der Waals surface area contributed by atoms with Crippen molar-refractivity contribution >= 4 is 0 Å². The zero-order valence-corrected chi connectivity index (χ0v) is 10.6. The van der Waals surface area contributed by atoms with Gasteiger partial charge in [-0.15, -0.1) is 0 Å².